The van der Waals surface area contributed by atoms with Crippen molar-refractivity contribution < 1.29 is 5.11 Å². The van der Waals surface area contributed by atoms with Crippen molar-refractivity contribution in [2.75, 3.05) is 11.9 Å². The third kappa shape index (κ3) is 2.12. The van der Waals surface area contributed by atoms with Gasteiger partial charge in [-0.15, -0.1) is 0 Å². The lowest BCUT2D eigenvalue weighted by Crippen LogP contribution is -2.28. The van der Waals surface area contributed by atoms with E-state index in [1.807, 2.05) is 0 Å². The average Bonchev–Trinajstić information content (AvgIpc) is 2.28. The second-order valence-corrected chi connectivity index (χ2v) is 4.38. The molecule has 0 aliphatic carbocycles. The quantitative estimate of drug-likeness (QED) is 0.798. The van der Waals surface area contributed by atoms with Crippen molar-refractivity contribution in [1.82, 2.24) is 0 Å². The van der Waals surface area contributed by atoms with E-state index in [1.54, 1.807) is 0 Å². The fraction of sp³-hybridized carbons (Fsp3) is 0.429. The molecule has 2 heteroatoms. The summed E-state index contributed by atoms with van der Waals surface area (Å²) < 4.78 is 0. The second-order valence-electron chi connectivity index (χ2n) is 4.38. The maximum Gasteiger partial charge on any atom is 0.0753 e. The van der Waals surface area contributed by atoms with Gasteiger partial charge in [-0.2, -0.15) is 0 Å². The summed E-state index contributed by atoms with van der Waals surface area (Å²) in [5, 5.41) is 12.9. The Balaban J connectivity index is 2.43. The fourth-order valence-electron chi connectivity index (χ4n) is 2.14. The van der Waals surface area contributed by atoms with Crippen molar-refractivity contribution in [2.45, 2.75) is 32.8 Å². The van der Waals surface area contributed by atoms with Crippen molar-refractivity contribution in [3.05, 3.63) is 34.9 Å². The lowest BCUT2D eigenvalue weighted by Gasteiger charge is -2.25. The fourth-order valence-corrected chi connectivity index (χ4v) is 2.14. The molecule has 0 radical (unpaired) electrons. The Morgan fingerprint density at radius 3 is 3.06 bits per heavy atom. The number of fused-ring (bicyclic) bond motifs is 1. The summed E-state index contributed by atoms with van der Waals surface area (Å²) in [5.74, 6) is 0. The van der Waals surface area contributed by atoms with Crippen LogP contribution in [0.2, 0.25) is 0 Å². The first kappa shape index (κ1) is 11.2. The van der Waals surface area contributed by atoms with Crippen LogP contribution < -0.4 is 5.32 Å². The first-order valence-corrected chi connectivity index (χ1v) is 5.93. The molecule has 16 heavy (non-hydrogen) atoms. The zero-order valence-electron chi connectivity index (χ0n) is 9.96. The molecule has 1 aromatic rings. The predicted molar refractivity (Wildman–Crippen MR) is 68.7 cm³/mol. The first-order valence-electron chi connectivity index (χ1n) is 5.93. The number of hydrogen-bond acceptors (Lipinski definition) is 2. The highest BCUT2D eigenvalue weighted by atomic mass is 16.3. The maximum absolute atomic E-state index is 9.61. The topological polar surface area (TPSA) is 32.3 Å². The molecule has 1 atom stereocenters. The van der Waals surface area contributed by atoms with Crippen molar-refractivity contribution in [2.24, 2.45) is 0 Å². The lowest BCUT2D eigenvalue weighted by atomic mass is 9.94. The Morgan fingerprint density at radius 2 is 2.31 bits per heavy atom. The van der Waals surface area contributed by atoms with Crippen molar-refractivity contribution in [3.63, 3.8) is 0 Å². The van der Waals surface area contributed by atoms with Gasteiger partial charge < -0.3 is 10.4 Å². The van der Waals surface area contributed by atoms with Gasteiger partial charge in [-0.05, 0) is 24.5 Å². The number of benzene rings is 1. The molecule has 1 aromatic carbocycles. The Kier molecular flexibility index (Phi) is 3.30. The SMILES string of the molecule is CC/C=C\c1c(C)ccc2c1NC[C@H](O)C2. The molecular weight excluding hydrogens is 198 g/mol. The molecule has 86 valence electrons. The van der Waals surface area contributed by atoms with Gasteiger partial charge in [0, 0.05) is 24.2 Å². The van der Waals surface area contributed by atoms with Gasteiger partial charge in [0.2, 0.25) is 0 Å². The first-order chi connectivity index (χ1) is 7.72. The van der Waals surface area contributed by atoms with Gasteiger partial charge in [0.25, 0.3) is 0 Å². The number of rotatable bonds is 2. The van der Waals surface area contributed by atoms with Crippen LogP contribution >= 0.6 is 0 Å². The van der Waals surface area contributed by atoms with Crippen LogP contribution in [0.25, 0.3) is 6.08 Å². The molecule has 1 aliphatic heterocycles. The molecule has 0 fully saturated rings. The summed E-state index contributed by atoms with van der Waals surface area (Å²) in [5.41, 5.74) is 4.98. The minimum atomic E-state index is -0.252. The van der Waals surface area contributed by atoms with E-state index >= 15 is 0 Å². The molecule has 0 saturated carbocycles. The van der Waals surface area contributed by atoms with E-state index in [9.17, 15) is 5.11 Å². The highest BCUT2D eigenvalue weighted by molar-refractivity contribution is 5.73. The number of allylic oxidation sites excluding steroid dienone is 1. The Labute approximate surface area is 97.0 Å². The molecule has 2 rings (SSSR count). The van der Waals surface area contributed by atoms with E-state index in [-0.39, 0.29) is 6.10 Å². The number of hydrogen-bond donors (Lipinski definition) is 2. The molecule has 0 unspecified atom stereocenters. The summed E-state index contributed by atoms with van der Waals surface area (Å²) in [6, 6.07) is 4.25. The maximum atomic E-state index is 9.61. The standard InChI is InChI=1S/C14H19NO/c1-3-4-5-13-10(2)6-7-11-8-12(16)9-15-14(11)13/h4-7,12,15-16H,3,8-9H2,1-2H3/b5-4-/t12-/m1/s1. The number of β-amino-alcohol motifs (C(OH)–C–C–N with tert-alkyl or cyclic N) is 1. The zero-order chi connectivity index (χ0) is 11.5. The van der Waals surface area contributed by atoms with Crippen LogP contribution in [0.4, 0.5) is 5.69 Å². The molecule has 0 spiro atoms. The molecular formula is C14H19NO. The Hall–Kier alpha value is -1.28. The van der Waals surface area contributed by atoms with Crippen LogP contribution in [0.1, 0.15) is 30.0 Å². The van der Waals surface area contributed by atoms with Crippen molar-refractivity contribution >= 4 is 11.8 Å². The minimum absolute atomic E-state index is 0.252. The Morgan fingerprint density at radius 1 is 1.50 bits per heavy atom. The summed E-state index contributed by atoms with van der Waals surface area (Å²) in [6.45, 7) is 4.92. The van der Waals surface area contributed by atoms with Gasteiger partial charge in [-0.3, -0.25) is 0 Å². The molecule has 0 amide bonds. The number of aryl methyl sites for hydroxylation is 1. The smallest absolute Gasteiger partial charge is 0.0753 e. The van der Waals surface area contributed by atoms with Gasteiger partial charge in [-0.25, -0.2) is 0 Å². The van der Waals surface area contributed by atoms with Crippen LogP contribution in [-0.4, -0.2) is 17.8 Å². The summed E-state index contributed by atoms with van der Waals surface area (Å²) in [6.07, 6.45) is 5.91. The van der Waals surface area contributed by atoms with Crippen LogP contribution in [0.3, 0.4) is 0 Å². The van der Waals surface area contributed by atoms with E-state index in [0.717, 1.165) is 12.8 Å². The predicted octanol–water partition coefficient (Wildman–Crippen LogP) is 2.75. The van der Waals surface area contributed by atoms with E-state index in [0.29, 0.717) is 6.54 Å². The van der Waals surface area contributed by atoms with E-state index < -0.39 is 0 Å². The van der Waals surface area contributed by atoms with Gasteiger partial charge in [0.05, 0.1) is 6.10 Å². The van der Waals surface area contributed by atoms with Gasteiger partial charge in [0.15, 0.2) is 0 Å². The van der Waals surface area contributed by atoms with E-state index in [2.05, 4.69) is 43.4 Å². The third-order valence-electron chi connectivity index (χ3n) is 3.04. The zero-order valence-corrected chi connectivity index (χ0v) is 9.96. The Bertz CT molecular complexity index is 409. The molecule has 2 N–H and O–H groups in total. The molecule has 2 nitrogen and oxygen atoms in total. The van der Waals surface area contributed by atoms with E-state index in [1.165, 1.54) is 22.4 Å². The summed E-state index contributed by atoms with van der Waals surface area (Å²) >= 11 is 0. The average molecular weight is 217 g/mol. The van der Waals surface area contributed by atoms with Crippen LogP contribution in [-0.2, 0) is 6.42 Å². The van der Waals surface area contributed by atoms with Gasteiger partial charge >= 0.3 is 0 Å². The second kappa shape index (κ2) is 4.71. The molecule has 1 heterocycles. The van der Waals surface area contributed by atoms with Gasteiger partial charge in [0.1, 0.15) is 0 Å². The largest absolute Gasteiger partial charge is 0.391 e. The van der Waals surface area contributed by atoms with E-state index in [4.69, 9.17) is 0 Å². The normalized spacial score (nSPS) is 19.6. The van der Waals surface area contributed by atoms with Crippen molar-refractivity contribution in [1.29, 1.82) is 0 Å². The number of aliphatic hydroxyl groups excluding tert-OH is 1. The van der Waals surface area contributed by atoms with Crippen LogP contribution in [0, 0.1) is 6.92 Å². The molecule has 1 aliphatic rings. The number of nitrogens with one attached hydrogen (secondary N) is 1. The molecule has 0 aromatic heterocycles. The van der Waals surface area contributed by atoms with Crippen molar-refractivity contribution in [3.8, 4) is 0 Å². The van der Waals surface area contributed by atoms with Crippen LogP contribution in [0.5, 0.6) is 0 Å². The highest BCUT2D eigenvalue weighted by Crippen LogP contribution is 2.29. The molecule has 0 saturated heterocycles. The highest BCUT2D eigenvalue weighted by Gasteiger charge is 2.18. The summed E-state index contributed by atoms with van der Waals surface area (Å²) in [7, 11) is 0. The monoisotopic (exact) mass is 217 g/mol. The number of anilines is 1. The molecule has 0 bridgehead atoms. The lowest BCUT2D eigenvalue weighted by molar-refractivity contribution is 0.184. The van der Waals surface area contributed by atoms with Gasteiger partial charge in [-0.1, -0.05) is 31.2 Å². The minimum Gasteiger partial charge on any atom is -0.391 e. The summed E-state index contributed by atoms with van der Waals surface area (Å²) in [4.78, 5) is 0. The van der Waals surface area contributed by atoms with Crippen LogP contribution in [0.15, 0.2) is 18.2 Å². The number of aliphatic hydroxyl groups is 1. The third-order valence-corrected chi connectivity index (χ3v) is 3.04.